The molecule has 1 aromatic heterocycles. The van der Waals surface area contributed by atoms with Gasteiger partial charge in [0.1, 0.15) is 18.1 Å². The van der Waals surface area contributed by atoms with Crippen molar-refractivity contribution in [2.45, 2.75) is 13.0 Å². The third-order valence-corrected chi connectivity index (χ3v) is 3.55. The predicted molar refractivity (Wildman–Crippen MR) is 74.7 cm³/mol. The van der Waals surface area contributed by atoms with Gasteiger partial charge in [0.2, 0.25) is 5.91 Å². The van der Waals surface area contributed by atoms with Gasteiger partial charge in [-0.3, -0.25) is 4.79 Å². The van der Waals surface area contributed by atoms with Gasteiger partial charge in [-0.15, -0.1) is 0 Å². The van der Waals surface area contributed by atoms with Crippen molar-refractivity contribution in [1.82, 2.24) is 5.32 Å². The summed E-state index contributed by atoms with van der Waals surface area (Å²) in [5.74, 6) is 1.31. The first-order valence-corrected chi connectivity index (χ1v) is 6.81. The fraction of sp³-hybridized carbons (Fsp3) is 0.267. The van der Waals surface area contributed by atoms with Gasteiger partial charge >= 0.3 is 0 Å². The number of rotatable bonds is 3. The molecular formula is C15H14ClNO3. The van der Waals surface area contributed by atoms with Gasteiger partial charge in [0.15, 0.2) is 0 Å². The predicted octanol–water partition coefficient (Wildman–Crippen LogP) is 2.80. The average molecular weight is 292 g/mol. The zero-order valence-corrected chi connectivity index (χ0v) is 11.5. The summed E-state index contributed by atoms with van der Waals surface area (Å²) in [6.45, 7) is 0.781. The second kappa shape index (κ2) is 5.59. The highest BCUT2D eigenvalue weighted by atomic mass is 35.5. The molecule has 5 heteroatoms. The number of furan rings is 1. The van der Waals surface area contributed by atoms with Gasteiger partial charge in [0.25, 0.3) is 0 Å². The summed E-state index contributed by atoms with van der Waals surface area (Å²) in [5, 5.41) is 3.51. The van der Waals surface area contributed by atoms with E-state index in [1.807, 2.05) is 18.2 Å². The monoisotopic (exact) mass is 291 g/mol. The van der Waals surface area contributed by atoms with E-state index in [0.717, 1.165) is 17.1 Å². The first kappa shape index (κ1) is 13.1. The van der Waals surface area contributed by atoms with Crippen LogP contribution >= 0.6 is 11.6 Å². The summed E-state index contributed by atoms with van der Waals surface area (Å²) in [4.78, 5) is 12.1. The molecule has 2 aromatic rings. The van der Waals surface area contributed by atoms with Gasteiger partial charge in [0.05, 0.1) is 18.7 Å². The fourth-order valence-corrected chi connectivity index (χ4v) is 2.46. The second-order valence-corrected chi connectivity index (χ2v) is 5.20. The number of amides is 1. The van der Waals surface area contributed by atoms with Crippen LogP contribution in [0.2, 0.25) is 5.02 Å². The molecule has 20 heavy (non-hydrogen) atoms. The lowest BCUT2D eigenvalue weighted by Gasteiger charge is -2.24. The van der Waals surface area contributed by atoms with E-state index in [4.69, 9.17) is 20.8 Å². The molecule has 1 amide bonds. The van der Waals surface area contributed by atoms with Gasteiger partial charge in [-0.2, -0.15) is 0 Å². The van der Waals surface area contributed by atoms with Gasteiger partial charge < -0.3 is 14.5 Å². The van der Waals surface area contributed by atoms with E-state index in [-0.39, 0.29) is 11.8 Å². The van der Waals surface area contributed by atoms with Crippen LogP contribution in [0.3, 0.4) is 0 Å². The van der Waals surface area contributed by atoms with Gasteiger partial charge in [-0.25, -0.2) is 0 Å². The Kier molecular flexibility index (Phi) is 3.65. The van der Waals surface area contributed by atoms with Crippen LogP contribution in [0.5, 0.6) is 5.75 Å². The molecule has 0 aliphatic carbocycles. The lowest BCUT2D eigenvalue weighted by Crippen LogP contribution is -2.36. The molecule has 1 aliphatic rings. The minimum atomic E-state index is -0.198. The maximum Gasteiger partial charge on any atom is 0.227 e. The van der Waals surface area contributed by atoms with Crippen molar-refractivity contribution < 1.29 is 13.9 Å². The van der Waals surface area contributed by atoms with Crippen molar-refractivity contribution in [2.24, 2.45) is 5.92 Å². The van der Waals surface area contributed by atoms with Crippen LogP contribution in [0.15, 0.2) is 41.0 Å². The standard InChI is InChI=1S/C15H14ClNO3/c16-12-3-4-14-10(7-12)6-11(9-20-14)15(18)17-8-13-2-1-5-19-13/h1-5,7,11H,6,8-9H2,(H,17,18)/t11-/m0/s1. The van der Waals surface area contributed by atoms with Crippen LogP contribution in [-0.4, -0.2) is 12.5 Å². The Bertz CT molecular complexity index is 610. The number of fused-ring (bicyclic) bond motifs is 1. The molecule has 1 atom stereocenters. The Balaban J connectivity index is 1.62. The summed E-state index contributed by atoms with van der Waals surface area (Å²) in [6.07, 6.45) is 2.23. The first-order chi connectivity index (χ1) is 9.72. The van der Waals surface area contributed by atoms with Crippen molar-refractivity contribution in [1.29, 1.82) is 0 Å². The number of hydrogen-bond acceptors (Lipinski definition) is 3. The zero-order valence-electron chi connectivity index (χ0n) is 10.8. The normalized spacial score (nSPS) is 17.1. The molecule has 0 spiro atoms. The molecule has 1 aromatic carbocycles. The molecule has 0 saturated carbocycles. The Labute approximate surface area is 121 Å². The highest BCUT2D eigenvalue weighted by Crippen LogP contribution is 2.29. The van der Waals surface area contributed by atoms with Crippen LogP contribution in [-0.2, 0) is 17.8 Å². The number of carbonyl (C=O) groups excluding carboxylic acids is 1. The highest BCUT2D eigenvalue weighted by molar-refractivity contribution is 6.30. The molecule has 0 unspecified atom stereocenters. The third-order valence-electron chi connectivity index (χ3n) is 3.32. The molecule has 3 rings (SSSR count). The van der Waals surface area contributed by atoms with Crippen molar-refractivity contribution in [2.75, 3.05) is 6.61 Å². The molecule has 0 fully saturated rings. The second-order valence-electron chi connectivity index (χ2n) is 4.76. The molecule has 2 heterocycles. The van der Waals surface area contributed by atoms with Gasteiger partial charge in [-0.05, 0) is 42.3 Å². The highest BCUT2D eigenvalue weighted by Gasteiger charge is 2.26. The fourth-order valence-electron chi connectivity index (χ4n) is 2.26. The minimum absolute atomic E-state index is 0.0352. The van der Waals surface area contributed by atoms with E-state index in [1.54, 1.807) is 18.4 Å². The quantitative estimate of drug-likeness (QED) is 0.946. The number of carbonyl (C=O) groups is 1. The Morgan fingerprint density at radius 1 is 1.40 bits per heavy atom. The average Bonchev–Trinajstić information content (AvgIpc) is 2.97. The maximum atomic E-state index is 12.1. The molecule has 1 aliphatic heterocycles. The van der Waals surface area contributed by atoms with E-state index in [0.29, 0.717) is 24.6 Å². The van der Waals surface area contributed by atoms with Gasteiger partial charge in [-0.1, -0.05) is 11.6 Å². The lowest BCUT2D eigenvalue weighted by molar-refractivity contribution is -0.126. The SMILES string of the molecule is O=C(NCc1ccco1)[C@@H]1COc2ccc(Cl)cc2C1. The van der Waals surface area contributed by atoms with Crippen molar-refractivity contribution in [3.63, 3.8) is 0 Å². The van der Waals surface area contributed by atoms with Crippen molar-refractivity contribution in [3.8, 4) is 5.75 Å². The molecule has 4 nitrogen and oxygen atoms in total. The summed E-state index contributed by atoms with van der Waals surface area (Å²) < 4.78 is 10.8. The number of nitrogens with one attached hydrogen (secondary N) is 1. The van der Waals surface area contributed by atoms with Crippen LogP contribution in [0.1, 0.15) is 11.3 Å². The molecule has 0 saturated heterocycles. The number of hydrogen-bond donors (Lipinski definition) is 1. The van der Waals surface area contributed by atoms with Gasteiger partial charge in [0, 0.05) is 5.02 Å². The largest absolute Gasteiger partial charge is 0.492 e. The molecule has 1 N–H and O–H groups in total. The third kappa shape index (κ3) is 2.80. The van der Waals surface area contributed by atoms with Crippen LogP contribution in [0, 0.1) is 5.92 Å². The summed E-state index contributed by atoms with van der Waals surface area (Å²) >= 11 is 5.96. The zero-order chi connectivity index (χ0) is 13.9. The lowest BCUT2D eigenvalue weighted by atomic mass is 9.96. The number of halogens is 1. The molecule has 0 radical (unpaired) electrons. The van der Waals surface area contributed by atoms with E-state index in [2.05, 4.69) is 5.32 Å². The topological polar surface area (TPSA) is 51.5 Å². The Morgan fingerprint density at radius 3 is 3.10 bits per heavy atom. The smallest absolute Gasteiger partial charge is 0.227 e. The van der Waals surface area contributed by atoms with Crippen molar-refractivity contribution in [3.05, 3.63) is 52.9 Å². The minimum Gasteiger partial charge on any atom is -0.492 e. The van der Waals surface area contributed by atoms with E-state index in [9.17, 15) is 4.79 Å². The molecular weight excluding hydrogens is 278 g/mol. The van der Waals surface area contributed by atoms with Crippen LogP contribution < -0.4 is 10.1 Å². The number of ether oxygens (including phenoxy) is 1. The summed E-state index contributed by atoms with van der Waals surface area (Å²) in [5.41, 5.74) is 0.974. The van der Waals surface area contributed by atoms with Crippen LogP contribution in [0.25, 0.3) is 0 Å². The first-order valence-electron chi connectivity index (χ1n) is 6.43. The molecule has 104 valence electrons. The van der Waals surface area contributed by atoms with Crippen LogP contribution in [0.4, 0.5) is 0 Å². The van der Waals surface area contributed by atoms with E-state index < -0.39 is 0 Å². The van der Waals surface area contributed by atoms with E-state index in [1.165, 1.54) is 0 Å². The van der Waals surface area contributed by atoms with E-state index >= 15 is 0 Å². The molecule has 0 bridgehead atoms. The summed E-state index contributed by atoms with van der Waals surface area (Å²) in [6, 6.07) is 9.10. The Morgan fingerprint density at radius 2 is 2.30 bits per heavy atom. The van der Waals surface area contributed by atoms with Crippen molar-refractivity contribution >= 4 is 17.5 Å². The Hall–Kier alpha value is -1.94. The number of benzene rings is 1. The maximum absolute atomic E-state index is 12.1. The summed E-state index contributed by atoms with van der Waals surface area (Å²) in [7, 11) is 0.